The minimum atomic E-state index is -0.781. The molecule has 0 atom stereocenters. The molecular weight excluding hydrogens is 259 g/mol. The van der Waals surface area contributed by atoms with Crippen molar-refractivity contribution in [2.75, 3.05) is 5.32 Å². The molecule has 3 heterocycles. The van der Waals surface area contributed by atoms with Crippen LogP contribution in [0.5, 0.6) is 0 Å². The van der Waals surface area contributed by atoms with Crippen LogP contribution >= 0.6 is 0 Å². The fourth-order valence-electron chi connectivity index (χ4n) is 1.93. The van der Waals surface area contributed by atoms with Gasteiger partial charge in [0.2, 0.25) is 0 Å². The minimum absolute atomic E-state index is 0.142. The van der Waals surface area contributed by atoms with Crippen LogP contribution in [0.4, 0.5) is 15.9 Å². The Bertz CT molecular complexity index is 737. The topological polar surface area (TPSA) is 68.5 Å². The van der Waals surface area contributed by atoms with Gasteiger partial charge in [-0.2, -0.15) is 14.4 Å². The number of hydrogen-bond acceptors (Lipinski definition) is 5. The molecule has 0 aromatic carbocycles. The highest BCUT2D eigenvalue weighted by Crippen LogP contribution is 2.23. The van der Waals surface area contributed by atoms with Crippen LogP contribution in [0, 0.1) is 6.08 Å². The van der Waals surface area contributed by atoms with Gasteiger partial charge in [-0.05, 0) is 26.0 Å². The zero-order valence-corrected chi connectivity index (χ0v) is 11.1. The fraction of sp³-hybridized carbons (Fsp3) is 0.231. The molecule has 3 rings (SSSR count). The van der Waals surface area contributed by atoms with Crippen molar-refractivity contribution in [1.29, 1.82) is 0 Å². The van der Waals surface area contributed by atoms with E-state index in [4.69, 9.17) is 0 Å². The lowest BCUT2D eigenvalue weighted by molar-refractivity contribution is 0.538. The predicted octanol–water partition coefficient (Wildman–Crippen LogP) is 2.68. The number of halogens is 1. The first-order chi connectivity index (χ1) is 9.65. The molecule has 20 heavy (non-hydrogen) atoms. The molecule has 0 aliphatic carbocycles. The molecular formula is C13H13FN6. The van der Waals surface area contributed by atoms with Gasteiger partial charge in [0.25, 0.3) is 0 Å². The van der Waals surface area contributed by atoms with Gasteiger partial charge in [-0.1, -0.05) is 0 Å². The molecule has 0 aliphatic rings. The molecule has 3 aromatic rings. The molecule has 0 spiro atoms. The van der Waals surface area contributed by atoms with Gasteiger partial charge >= 0.3 is 6.08 Å². The Morgan fingerprint density at radius 1 is 1.20 bits per heavy atom. The third kappa shape index (κ3) is 2.18. The van der Waals surface area contributed by atoms with E-state index in [-0.39, 0.29) is 6.04 Å². The van der Waals surface area contributed by atoms with Gasteiger partial charge < -0.3 is 9.88 Å². The second kappa shape index (κ2) is 4.84. The SMILES string of the molecule is CC(C)n1cnc2c(Nc3ccncc3)nc(F)nc21. The van der Waals surface area contributed by atoms with Crippen LogP contribution in [0.1, 0.15) is 19.9 Å². The van der Waals surface area contributed by atoms with Gasteiger partial charge in [-0.15, -0.1) is 0 Å². The Labute approximate surface area is 114 Å². The van der Waals surface area contributed by atoms with Gasteiger partial charge in [0, 0.05) is 24.1 Å². The van der Waals surface area contributed by atoms with Crippen LogP contribution in [-0.2, 0) is 0 Å². The maximum atomic E-state index is 13.6. The van der Waals surface area contributed by atoms with E-state index in [1.54, 1.807) is 35.4 Å². The molecule has 0 fully saturated rings. The number of imidazole rings is 1. The lowest BCUT2D eigenvalue weighted by Crippen LogP contribution is -2.04. The summed E-state index contributed by atoms with van der Waals surface area (Å²) in [4.78, 5) is 15.8. The van der Waals surface area contributed by atoms with Crippen LogP contribution in [0.25, 0.3) is 11.2 Å². The highest BCUT2D eigenvalue weighted by Gasteiger charge is 2.14. The first-order valence-electron chi connectivity index (χ1n) is 6.22. The zero-order valence-electron chi connectivity index (χ0n) is 11.1. The second-order valence-electron chi connectivity index (χ2n) is 4.62. The monoisotopic (exact) mass is 272 g/mol. The van der Waals surface area contributed by atoms with Gasteiger partial charge in [-0.25, -0.2) is 4.98 Å². The average Bonchev–Trinajstić information content (AvgIpc) is 2.83. The van der Waals surface area contributed by atoms with E-state index in [1.807, 2.05) is 13.8 Å². The number of pyridine rings is 1. The Balaban J connectivity index is 2.11. The predicted molar refractivity (Wildman–Crippen MR) is 73.2 cm³/mol. The van der Waals surface area contributed by atoms with Crippen molar-refractivity contribution >= 4 is 22.7 Å². The van der Waals surface area contributed by atoms with Crippen molar-refractivity contribution < 1.29 is 4.39 Å². The summed E-state index contributed by atoms with van der Waals surface area (Å²) < 4.78 is 15.4. The molecule has 6 nitrogen and oxygen atoms in total. The maximum Gasteiger partial charge on any atom is 0.312 e. The summed E-state index contributed by atoms with van der Waals surface area (Å²) in [6.07, 6.45) is 4.14. The van der Waals surface area contributed by atoms with Crippen LogP contribution in [0.15, 0.2) is 30.9 Å². The number of nitrogens with zero attached hydrogens (tertiary/aromatic N) is 5. The smallest absolute Gasteiger partial charge is 0.312 e. The van der Waals surface area contributed by atoms with Gasteiger partial charge in [0.15, 0.2) is 17.0 Å². The van der Waals surface area contributed by atoms with Crippen molar-refractivity contribution in [2.24, 2.45) is 0 Å². The summed E-state index contributed by atoms with van der Waals surface area (Å²) in [6, 6.07) is 3.68. The quantitative estimate of drug-likeness (QED) is 0.742. The van der Waals surface area contributed by atoms with E-state index in [9.17, 15) is 4.39 Å². The highest BCUT2D eigenvalue weighted by molar-refractivity contribution is 5.85. The van der Waals surface area contributed by atoms with Gasteiger partial charge in [-0.3, -0.25) is 4.98 Å². The third-order valence-electron chi connectivity index (χ3n) is 2.89. The molecule has 0 unspecified atom stereocenters. The highest BCUT2D eigenvalue weighted by atomic mass is 19.1. The lowest BCUT2D eigenvalue weighted by Gasteiger charge is -2.08. The zero-order chi connectivity index (χ0) is 14.1. The molecule has 0 bridgehead atoms. The van der Waals surface area contributed by atoms with Crippen molar-refractivity contribution in [1.82, 2.24) is 24.5 Å². The summed E-state index contributed by atoms with van der Waals surface area (Å²) in [7, 11) is 0. The standard InChI is InChI=1S/C13H13FN6/c1-8(2)20-7-16-10-11(18-13(14)19-12(10)20)17-9-3-5-15-6-4-9/h3-8H,1-2H3,(H,15,17,18,19). The average molecular weight is 272 g/mol. The van der Waals surface area contributed by atoms with E-state index < -0.39 is 6.08 Å². The third-order valence-corrected chi connectivity index (χ3v) is 2.89. The van der Waals surface area contributed by atoms with E-state index in [1.165, 1.54) is 0 Å². The van der Waals surface area contributed by atoms with Gasteiger partial charge in [0.1, 0.15) is 0 Å². The van der Waals surface area contributed by atoms with Crippen molar-refractivity contribution in [3.05, 3.63) is 36.9 Å². The Morgan fingerprint density at radius 2 is 1.95 bits per heavy atom. The fourth-order valence-corrected chi connectivity index (χ4v) is 1.93. The summed E-state index contributed by atoms with van der Waals surface area (Å²) >= 11 is 0. The normalized spacial score (nSPS) is 11.2. The summed E-state index contributed by atoms with van der Waals surface area (Å²) in [5.74, 6) is 0.345. The summed E-state index contributed by atoms with van der Waals surface area (Å²) in [6.45, 7) is 3.97. The van der Waals surface area contributed by atoms with Crippen LogP contribution in [-0.4, -0.2) is 24.5 Å². The van der Waals surface area contributed by atoms with E-state index in [0.29, 0.717) is 17.0 Å². The van der Waals surface area contributed by atoms with Crippen LogP contribution < -0.4 is 5.32 Å². The molecule has 0 saturated heterocycles. The lowest BCUT2D eigenvalue weighted by atomic mass is 10.3. The Kier molecular flexibility index (Phi) is 3.02. The summed E-state index contributed by atoms with van der Waals surface area (Å²) in [5, 5.41) is 3.03. The Morgan fingerprint density at radius 3 is 2.65 bits per heavy atom. The number of hydrogen-bond donors (Lipinski definition) is 1. The van der Waals surface area contributed by atoms with Gasteiger partial charge in [0.05, 0.1) is 6.33 Å². The molecule has 0 radical (unpaired) electrons. The number of rotatable bonds is 3. The number of anilines is 2. The number of aromatic nitrogens is 5. The van der Waals surface area contributed by atoms with E-state index in [0.717, 1.165) is 5.69 Å². The molecule has 0 saturated carbocycles. The second-order valence-corrected chi connectivity index (χ2v) is 4.62. The van der Waals surface area contributed by atoms with E-state index in [2.05, 4.69) is 25.3 Å². The Hall–Kier alpha value is -2.57. The first-order valence-corrected chi connectivity index (χ1v) is 6.22. The maximum absolute atomic E-state index is 13.6. The minimum Gasteiger partial charge on any atom is -0.338 e. The molecule has 102 valence electrons. The van der Waals surface area contributed by atoms with Crippen LogP contribution in [0.3, 0.4) is 0 Å². The van der Waals surface area contributed by atoms with Crippen molar-refractivity contribution in [2.45, 2.75) is 19.9 Å². The molecule has 3 aromatic heterocycles. The van der Waals surface area contributed by atoms with E-state index >= 15 is 0 Å². The van der Waals surface area contributed by atoms with Crippen molar-refractivity contribution in [3.63, 3.8) is 0 Å². The largest absolute Gasteiger partial charge is 0.338 e. The molecule has 0 amide bonds. The van der Waals surface area contributed by atoms with Crippen molar-refractivity contribution in [3.8, 4) is 0 Å². The first kappa shape index (κ1) is 12.5. The molecule has 1 N–H and O–H groups in total. The molecule has 0 aliphatic heterocycles. The van der Waals surface area contributed by atoms with Crippen LogP contribution in [0.2, 0.25) is 0 Å². The summed E-state index contributed by atoms with van der Waals surface area (Å²) in [5.41, 5.74) is 1.78. The number of nitrogens with one attached hydrogen (secondary N) is 1. The number of fused-ring (bicyclic) bond motifs is 1. The molecule has 7 heteroatoms.